The van der Waals surface area contributed by atoms with E-state index in [9.17, 15) is 4.79 Å². The Labute approximate surface area is 181 Å². The normalized spacial score (nSPS) is 11.7. The molecule has 3 aromatic carbocycles. The summed E-state index contributed by atoms with van der Waals surface area (Å²) in [6.45, 7) is 0. The number of fused-ring (bicyclic) bond motifs is 1. The Bertz CT molecular complexity index is 1460. The van der Waals surface area contributed by atoms with Crippen molar-refractivity contribution >= 4 is 22.4 Å². The van der Waals surface area contributed by atoms with Crippen molar-refractivity contribution in [1.82, 2.24) is 14.6 Å². The van der Waals surface area contributed by atoms with Gasteiger partial charge in [-0.15, -0.1) is 5.10 Å². The molecule has 0 aliphatic heterocycles. The van der Waals surface area contributed by atoms with E-state index in [-0.39, 0.29) is 5.56 Å². The van der Waals surface area contributed by atoms with Gasteiger partial charge >= 0.3 is 0 Å². The molecular formula is C24H17N3O3S. The highest BCUT2D eigenvalue weighted by Gasteiger charge is 2.12. The number of hydrogen-bond donors (Lipinski definition) is 0. The second-order valence-electron chi connectivity index (χ2n) is 6.76. The van der Waals surface area contributed by atoms with Crippen LogP contribution in [0.4, 0.5) is 0 Å². The van der Waals surface area contributed by atoms with Crippen LogP contribution in [-0.4, -0.2) is 21.7 Å². The summed E-state index contributed by atoms with van der Waals surface area (Å²) in [5.41, 5.74) is 1.50. The zero-order valence-corrected chi connectivity index (χ0v) is 17.4. The van der Waals surface area contributed by atoms with Crippen molar-refractivity contribution in [1.29, 1.82) is 0 Å². The Kier molecular flexibility index (Phi) is 4.93. The monoisotopic (exact) mass is 427 g/mol. The molecule has 0 aliphatic rings. The molecule has 5 rings (SSSR count). The number of nitrogens with zero attached hydrogens (tertiary/aromatic N) is 3. The first kappa shape index (κ1) is 19.0. The lowest BCUT2D eigenvalue weighted by Gasteiger charge is -2.05. The van der Waals surface area contributed by atoms with Gasteiger partial charge < -0.3 is 9.47 Å². The molecule has 0 atom stereocenters. The van der Waals surface area contributed by atoms with Crippen LogP contribution < -0.4 is 19.6 Å². The lowest BCUT2D eigenvalue weighted by Crippen LogP contribution is -2.23. The first-order chi connectivity index (χ1) is 15.2. The second kappa shape index (κ2) is 8.04. The van der Waals surface area contributed by atoms with Crippen LogP contribution in [0.25, 0.3) is 22.4 Å². The minimum Gasteiger partial charge on any atom is -0.497 e. The third-order valence-corrected chi connectivity index (χ3v) is 5.62. The number of hydrogen-bond acceptors (Lipinski definition) is 6. The van der Waals surface area contributed by atoms with Crippen molar-refractivity contribution in [2.24, 2.45) is 0 Å². The topological polar surface area (TPSA) is 65.7 Å². The number of ether oxygens (including phenoxy) is 2. The number of thiazole rings is 1. The van der Waals surface area contributed by atoms with E-state index >= 15 is 0 Å². The van der Waals surface area contributed by atoms with E-state index in [4.69, 9.17) is 9.47 Å². The van der Waals surface area contributed by atoms with Gasteiger partial charge in [0, 0.05) is 5.56 Å². The molecule has 0 aliphatic carbocycles. The fourth-order valence-electron chi connectivity index (χ4n) is 3.14. The average Bonchev–Trinajstić information content (AvgIpc) is 3.34. The maximum atomic E-state index is 12.8. The predicted molar refractivity (Wildman–Crippen MR) is 121 cm³/mol. The molecule has 31 heavy (non-hydrogen) atoms. The summed E-state index contributed by atoms with van der Waals surface area (Å²) in [6.07, 6.45) is 1.83. The van der Waals surface area contributed by atoms with Gasteiger partial charge in [-0.2, -0.15) is 9.50 Å². The lowest BCUT2D eigenvalue weighted by atomic mass is 10.2. The van der Waals surface area contributed by atoms with Crippen molar-refractivity contribution in [3.05, 3.63) is 99.3 Å². The van der Waals surface area contributed by atoms with E-state index in [0.717, 1.165) is 22.6 Å². The number of aromatic nitrogens is 3. The van der Waals surface area contributed by atoms with Crippen molar-refractivity contribution in [2.75, 3.05) is 7.11 Å². The summed E-state index contributed by atoms with van der Waals surface area (Å²) < 4.78 is 13.0. The molecular weight excluding hydrogens is 410 g/mol. The minimum atomic E-state index is -0.193. The maximum absolute atomic E-state index is 12.8. The largest absolute Gasteiger partial charge is 0.497 e. The van der Waals surface area contributed by atoms with Crippen LogP contribution in [0.15, 0.2) is 83.7 Å². The molecule has 0 saturated carbocycles. The molecule has 0 amide bonds. The fraction of sp³-hybridized carbons (Fsp3) is 0.0417. The molecule has 6 nitrogen and oxygen atoms in total. The molecule has 152 valence electrons. The van der Waals surface area contributed by atoms with Crippen molar-refractivity contribution in [3.8, 4) is 28.6 Å². The highest BCUT2D eigenvalue weighted by molar-refractivity contribution is 7.15. The summed E-state index contributed by atoms with van der Waals surface area (Å²) in [6, 6.07) is 24.6. The molecule has 0 saturated heterocycles. The highest BCUT2D eigenvalue weighted by Crippen LogP contribution is 2.22. The van der Waals surface area contributed by atoms with E-state index in [1.807, 2.05) is 84.9 Å². The first-order valence-corrected chi connectivity index (χ1v) is 10.4. The molecule has 0 radical (unpaired) electrons. The first-order valence-electron chi connectivity index (χ1n) is 9.58. The quantitative estimate of drug-likeness (QED) is 0.421. The summed E-state index contributed by atoms with van der Waals surface area (Å²) in [7, 11) is 1.62. The molecule has 0 fully saturated rings. The molecule has 0 bridgehead atoms. The summed E-state index contributed by atoms with van der Waals surface area (Å²) in [5, 5.41) is 4.39. The predicted octanol–water partition coefficient (Wildman–Crippen LogP) is 4.17. The zero-order chi connectivity index (χ0) is 21.2. The van der Waals surface area contributed by atoms with Crippen LogP contribution in [0.2, 0.25) is 0 Å². The van der Waals surface area contributed by atoms with Gasteiger partial charge in [-0.25, -0.2) is 0 Å². The number of benzene rings is 3. The van der Waals surface area contributed by atoms with Gasteiger partial charge in [-0.3, -0.25) is 4.79 Å². The summed E-state index contributed by atoms with van der Waals surface area (Å²) in [5.74, 6) is 2.73. The molecule has 2 aromatic heterocycles. The molecule has 0 spiro atoms. The molecule has 2 heterocycles. The van der Waals surface area contributed by atoms with Gasteiger partial charge in [0.2, 0.25) is 4.96 Å². The van der Waals surface area contributed by atoms with Crippen LogP contribution in [-0.2, 0) is 0 Å². The van der Waals surface area contributed by atoms with Gasteiger partial charge in [0.05, 0.1) is 11.6 Å². The van der Waals surface area contributed by atoms with Crippen molar-refractivity contribution in [3.63, 3.8) is 0 Å². The number of methoxy groups -OCH3 is 1. The smallest absolute Gasteiger partial charge is 0.291 e. The average molecular weight is 427 g/mol. The van der Waals surface area contributed by atoms with Gasteiger partial charge in [0.25, 0.3) is 5.56 Å². The Hall–Kier alpha value is -3.97. The Morgan fingerprint density at radius 3 is 2.42 bits per heavy atom. The number of rotatable bonds is 5. The molecule has 5 aromatic rings. The maximum Gasteiger partial charge on any atom is 0.291 e. The number of para-hydroxylation sites is 1. The highest BCUT2D eigenvalue weighted by atomic mass is 32.1. The SMILES string of the molecule is COc1ccc(-c2nc3sc(=Cc4cccc(Oc5ccccc5)c4)c(=O)n3n2)cc1. The summed E-state index contributed by atoms with van der Waals surface area (Å²) in [4.78, 5) is 17.9. The van der Waals surface area contributed by atoms with Crippen LogP contribution in [0, 0.1) is 0 Å². The standard InChI is InChI=1S/C24H17N3O3S/c1-29-18-12-10-17(11-13-18)22-25-24-27(26-22)23(28)21(31-24)15-16-6-5-9-20(14-16)30-19-7-3-2-4-8-19/h2-15H,1H3. The molecule has 7 heteroatoms. The fourth-order valence-corrected chi connectivity index (χ4v) is 4.05. The van der Waals surface area contributed by atoms with E-state index in [1.165, 1.54) is 15.9 Å². The Balaban J connectivity index is 1.46. The molecule has 0 N–H and O–H groups in total. The van der Waals surface area contributed by atoms with Crippen molar-refractivity contribution < 1.29 is 9.47 Å². The Morgan fingerprint density at radius 2 is 1.68 bits per heavy atom. The van der Waals surface area contributed by atoms with Crippen LogP contribution in [0.3, 0.4) is 0 Å². The van der Waals surface area contributed by atoms with Crippen LogP contribution >= 0.6 is 11.3 Å². The minimum absolute atomic E-state index is 0.193. The van der Waals surface area contributed by atoms with E-state index in [0.29, 0.717) is 21.1 Å². The Morgan fingerprint density at radius 1 is 0.903 bits per heavy atom. The zero-order valence-electron chi connectivity index (χ0n) is 16.6. The van der Waals surface area contributed by atoms with Gasteiger partial charge in [-0.05, 0) is 60.2 Å². The van der Waals surface area contributed by atoms with Crippen molar-refractivity contribution in [2.45, 2.75) is 0 Å². The third kappa shape index (κ3) is 3.91. The molecule has 0 unspecified atom stereocenters. The third-order valence-electron chi connectivity index (χ3n) is 4.66. The summed E-state index contributed by atoms with van der Waals surface area (Å²) >= 11 is 1.31. The van der Waals surface area contributed by atoms with Crippen LogP contribution in [0.1, 0.15) is 5.56 Å². The van der Waals surface area contributed by atoms with E-state index < -0.39 is 0 Å². The second-order valence-corrected chi connectivity index (χ2v) is 7.77. The van der Waals surface area contributed by atoms with Gasteiger partial charge in [-0.1, -0.05) is 41.7 Å². The van der Waals surface area contributed by atoms with E-state index in [1.54, 1.807) is 7.11 Å². The van der Waals surface area contributed by atoms with Gasteiger partial charge in [0.15, 0.2) is 5.82 Å². The van der Waals surface area contributed by atoms with Crippen LogP contribution in [0.5, 0.6) is 17.2 Å². The van der Waals surface area contributed by atoms with E-state index in [2.05, 4.69) is 10.1 Å². The lowest BCUT2D eigenvalue weighted by molar-refractivity contribution is 0.415. The van der Waals surface area contributed by atoms with Gasteiger partial charge in [0.1, 0.15) is 17.2 Å².